The first-order valence-corrected chi connectivity index (χ1v) is 3.80. The lowest BCUT2D eigenvalue weighted by molar-refractivity contribution is -0.165. The number of aromatic nitrogens is 1. The first-order valence-electron chi connectivity index (χ1n) is 3.80. The van der Waals surface area contributed by atoms with Crippen molar-refractivity contribution < 1.29 is 34.4 Å². The molecule has 2 unspecified atom stereocenters. The van der Waals surface area contributed by atoms with Gasteiger partial charge in [-0.3, -0.25) is 4.98 Å². The molecule has 0 aliphatic heterocycles. The van der Waals surface area contributed by atoms with Crippen LogP contribution >= 0.6 is 0 Å². The molecule has 0 spiro atoms. The number of hydrogen-bond donors (Lipinski definition) is 5. The predicted octanol–water partition coefficient (Wildman–Crippen LogP) is -2.15. The van der Waals surface area contributed by atoms with Gasteiger partial charge in [0.2, 0.25) is 0 Å². The number of carboxylic acids is 2. The van der Waals surface area contributed by atoms with Gasteiger partial charge < -0.3 is 24.8 Å². The van der Waals surface area contributed by atoms with Crippen LogP contribution in [0.1, 0.15) is 0 Å². The summed E-state index contributed by atoms with van der Waals surface area (Å²) in [6.45, 7) is 0. The van der Waals surface area contributed by atoms with Crippen LogP contribution in [0.5, 0.6) is 0 Å². The topological polar surface area (TPSA) is 161 Å². The molecule has 0 radical (unpaired) electrons. The monoisotopic (exact) mass is 235 g/mol. The van der Waals surface area contributed by atoms with Gasteiger partial charge in [0.15, 0.2) is 12.2 Å². The molecular weight excluding hydrogens is 226 g/mol. The molecule has 0 aliphatic rings. The average molecular weight is 235 g/mol. The number of aromatic amines is 1. The molecule has 0 aliphatic carbocycles. The molecule has 0 saturated carbocycles. The van der Waals surface area contributed by atoms with Crippen LogP contribution in [0.4, 0.5) is 0 Å². The third-order valence-corrected chi connectivity index (χ3v) is 1.25. The van der Waals surface area contributed by atoms with Crippen molar-refractivity contribution in [3.8, 4) is 0 Å². The molecule has 9 heteroatoms. The van der Waals surface area contributed by atoms with Gasteiger partial charge in [0, 0.05) is 6.20 Å². The molecule has 2 atom stereocenters. The van der Waals surface area contributed by atoms with Gasteiger partial charge in [-0.25, -0.2) is 14.4 Å². The summed E-state index contributed by atoms with van der Waals surface area (Å²) in [5, 5.41) is 32.5. The second-order valence-electron chi connectivity index (χ2n) is 2.42. The summed E-state index contributed by atoms with van der Waals surface area (Å²) in [7, 11) is 0. The minimum atomic E-state index is -2.27. The highest BCUT2D eigenvalue weighted by molar-refractivity contribution is 5.83. The van der Waals surface area contributed by atoms with Crippen molar-refractivity contribution in [1.82, 2.24) is 4.98 Å². The van der Waals surface area contributed by atoms with Gasteiger partial charge in [-0.1, -0.05) is 0 Å². The Kier molecular flexibility index (Phi) is 5.52. The smallest absolute Gasteiger partial charge is 0.416 e. The van der Waals surface area contributed by atoms with Gasteiger partial charge in [-0.05, 0) is 0 Å². The minimum absolute atomic E-state index is 0.407. The lowest BCUT2D eigenvalue weighted by atomic mass is 10.2. The van der Waals surface area contributed by atoms with Crippen LogP contribution in [0.3, 0.4) is 0 Å². The third-order valence-electron chi connectivity index (χ3n) is 1.25. The number of aliphatic carboxylic acids is 2. The summed E-state index contributed by atoms with van der Waals surface area (Å²) in [5.41, 5.74) is 0. The average Bonchev–Trinajstić information content (AvgIpc) is 2.67. The van der Waals surface area contributed by atoms with Crippen LogP contribution in [0.15, 0.2) is 21.7 Å². The maximum absolute atomic E-state index is 9.85. The van der Waals surface area contributed by atoms with Crippen molar-refractivity contribution >= 4 is 11.9 Å². The van der Waals surface area contributed by atoms with E-state index in [0.29, 0.717) is 0 Å². The Morgan fingerprint density at radius 1 is 1.19 bits per heavy atom. The van der Waals surface area contributed by atoms with Gasteiger partial charge in [-0.15, -0.1) is 0 Å². The van der Waals surface area contributed by atoms with Crippen molar-refractivity contribution in [1.29, 1.82) is 0 Å². The lowest BCUT2D eigenvalue weighted by Crippen LogP contribution is -2.39. The largest absolute Gasteiger partial charge is 0.479 e. The Morgan fingerprint density at radius 2 is 1.62 bits per heavy atom. The zero-order valence-electron chi connectivity index (χ0n) is 7.73. The van der Waals surface area contributed by atoms with E-state index in [2.05, 4.69) is 9.40 Å². The van der Waals surface area contributed by atoms with E-state index in [0.717, 1.165) is 0 Å². The highest BCUT2D eigenvalue weighted by atomic mass is 16.4. The molecule has 1 aromatic rings. The molecule has 0 aromatic carbocycles. The predicted molar refractivity (Wildman–Crippen MR) is 46.6 cm³/mol. The second kappa shape index (κ2) is 6.37. The Morgan fingerprint density at radius 3 is 1.75 bits per heavy atom. The zero-order valence-corrected chi connectivity index (χ0v) is 7.73. The molecule has 0 fully saturated rings. The molecule has 5 N–H and O–H groups in total. The number of H-pyrrole nitrogens is 1. The van der Waals surface area contributed by atoms with Crippen LogP contribution in [-0.4, -0.2) is 49.6 Å². The lowest BCUT2D eigenvalue weighted by Gasteiger charge is -2.07. The maximum Gasteiger partial charge on any atom is 0.416 e. The number of rotatable bonds is 3. The Labute approximate surface area is 87.6 Å². The van der Waals surface area contributed by atoms with Crippen LogP contribution in [-0.2, 0) is 9.59 Å². The SMILES string of the molecule is O=C(O)C(O)C(O)C(=O)O.O=c1[nH]cco1. The number of aliphatic hydroxyl groups excluding tert-OH is 2. The van der Waals surface area contributed by atoms with E-state index >= 15 is 0 Å². The summed E-state index contributed by atoms with van der Waals surface area (Å²) in [4.78, 5) is 31.7. The fourth-order valence-corrected chi connectivity index (χ4v) is 0.502. The first kappa shape index (κ1) is 13.9. The second-order valence-corrected chi connectivity index (χ2v) is 2.42. The molecule has 9 nitrogen and oxygen atoms in total. The fraction of sp³-hybridized carbons (Fsp3) is 0.286. The molecule has 16 heavy (non-hydrogen) atoms. The van der Waals surface area contributed by atoms with Crippen molar-refractivity contribution in [2.75, 3.05) is 0 Å². The normalized spacial score (nSPS) is 13.1. The molecule has 1 heterocycles. The van der Waals surface area contributed by atoms with Crippen molar-refractivity contribution in [2.24, 2.45) is 0 Å². The van der Waals surface area contributed by atoms with Gasteiger partial charge in [0.05, 0.1) is 0 Å². The van der Waals surface area contributed by atoms with Crippen LogP contribution in [0.2, 0.25) is 0 Å². The molecule has 0 amide bonds. The first-order chi connectivity index (χ1) is 7.36. The molecule has 0 saturated heterocycles. The van der Waals surface area contributed by atoms with E-state index in [-0.39, 0.29) is 0 Å². The summed E-state index contributed by atoms with van der Waals surface area (Å²) in [5.74, 6) is -3.94. The van der Waals surface area contributed by atoms with Gasteiger partial charge >= 0.3 is 17.7 Å². The number of nitrogens with one attached hydrogen (secondary N) is 1. The van der Waals surface area contributed by atoms with Gasteiger partial charge in [0.1, 0.15) is 6.26 Å². The summed E-state index contributed by atoms with van der Waals surface area (Å²) in [6, 6.07) is 0. The highest BCUT2D eigenvalue weighted by Gasteiger charge is 2.29. The quantitative estimate of drug-likeness (QED) is 0.396. The molecule has 1 aromatic heterocycles. The van der Waals surface area contributed by atoms with E-state index in [1.807, 2.05) is 0 Å². The molecule has 1 rings (SSSR count). The van der Waals surface area contributed by atoms with E-state index in [9.17, 15) is 14.4 Å². The summed E-state index contributed by atoms with van der Waals surface area (Å²) >= 11 is 0. The van der Waals surface area contributed by atoms with Crippen LogP contribution in [0.25, 0.3) is 0 Å². The third kappa shape index (κ3) is 4.93. The summed E-state index contributed by atoms with van der Waals surface area (Å²) in [6.07, 6.45) is -1.81. The van der Waals surface area contributed by atoms with Crippen molar-refractivity contribution in [3.63, 3.8) is 0 Å². The maximum atomic E-state index is 9.85. The Balaban J connectivity index is 0.000000315. The number of oxazole rings is 1. The number of carbonyl (C=O) groups is 2. The van der Waals surface area contributed by atoms with Gasteiger partial charge in [-0.2, -0.15) is 0 Å². The number of aliphatic hydroxyl groups is 2. The molecular formula is C7H9NO8. The van der Waals surface area contributed by atoms with Gasteiger partial charge in [0.25, 0.3) is 0 Å². The highest BCUT2D eigenvalue weighted by Crippen LogP contribution is 1.92. The minimum Gasteiger partial charge on any atom is -0.479 e. The number of hydrogen-bond acceptors (Lipinski definition) is 6. The Bertz CT molecular complexity index is 358. The Hall–Kier alpha value is -2.13. The molecule has 0 bridgehead atoms. The van der Waals surface area contributed by atoms with E-state index in [1.165, 1.54) is 12.5 Å². The van der Waals surface area contributed by atoms with E-state index < -0.39 is 29.9 Å². The van der Waals surface area contributed by atoms with Crippen molar-refractivity contribution in [2.45, 2.75) is 12.2 Å². The standard InChI is InChI=1S/C4H6O6.C3H3NO2/c5-1(3(7)8)2(6)4(9)10;5-3-4-1-2-6-3/h1-2,5-6H,(H,7,8)(H,9,10);1-2H,(H,4,5). The summed E-state index contributed by atoms with van der Waals surface area (Å²) < 4.78 is 4.22. The van der Waals surface area contributed by atoms with E-state index in [4.69, 9.17) is 20.4 Å². The van der Waals surface area contributed by atoms with E-state index in [1.54, 1.807) is 0 Å². The van der Waals surface area contributed by atoms with Crippen molar-refractivity contribution in [3.05, 3.63) is 23.0 Å². The number of carboxylic acid groups (broad SMARTS) is 2. The zero-order chi connectivity index (χ0) is 12.7. The molecule has 90 valence electrons. The fourth-order valence-electron chi connectivity index (χ4n) is 0.502. The van der Waals surface area contributed by atoms with Crippen LogP contribution < -0.4 is 5.76 Å². The van der Waals surface area contributed by atoms with Crippen LogP contribution in [0, 0.1) is 0 Å².